The normalized spacial score (nSPS) is 11.0. The van der Waals surface area contributed by atoms with Crippen LogP contribution in [-0.4, -0.2) is 33.5 Å². The van der Waals surface area contributed by atoms with Crippen molar-refractivity contribution in [2.75, 3.05) is 26.1 Å². The van der Waals surface area contributed by atoms with Crippen LogP contribution in [0.5, 0.6) is 5.75 Å². The molecule has 0 atom stereocenters. The van der Waals surface area contributed by atoms with Crippen molar-refractivity contribution in [2.45, 2.75) is 6.36 Å². The highest BCUT2D eigenvalue weighted by Crippen LogP contribution is 2.28. The first kappa shape index (κ1) is 14.1. The van der Waals surface area contributed by atoms with Crippen LogP contribution in [0.1, 0.15) is 10.4 Å². The SMILES string of the molecule is COC(=O)c1cc(OC(F)(F)F)cc(N(C)C)c1. The summed E-state index contributed by atoms with van der Waals surface area (Å²) in [6, 6.07) is 3.57. The Morgan fingerprint density at radius 3 is 2.28 bits per heavy atom. The fourth-order valence-corrected chi connectivity index (χ4v) is 1.27. The summed E-state index contributed by atoms with van der Waals surface area (Å²) in [6.45, 7) is 0. The Bertz CT molecular complexity index is 444. The number of rotatable bonds is 3. The minimum absolute atomic E-state index is 0.0112. The van der Waals surface area contributed by atoms with Gasteiger partial charge < -0.3 is 14.4 Å². The molecule has 0 spiro atoms. The van der Waals surface area contributed by atoms with Crippen LogP contribution in [0.3, 0.4) is 0 Å². The van der Waals surface area contributed by atoms with Crippen LogP contribution >= 0.6 is 0 Å². The van der Waals surface area contributed by atoms with E-state index >= 15 is 0 Å². The molecule has 0 aromatic heterocycles. The summed E-state index contributed by atoms with van der Waals surface area (Å²) >= 11 is 0. The van der Waals surface area contributed by atoms with Gasteiger partial charge in [0.25, 0.3) is 0 Å². The molecule has 1 rings (SSSR count). The predicted molar refractivity (Wildman–Crippen MR) is 58.8 cm³/mol. The molecule has 4 nitrogen and oxygen atoms in total. The highest BCUT2D eigenvalue weighted by atomic mass is 19.4. The number of nitrogens with zero attached hydrogens (tertiary/aromatic N) is 1. The van der Waals surface area contributed by atoms with Crippen LogP contribution in [0, 0.1) is 0 Å². The maximum atomic E-state index is 12.1. The third kappa shape index (κ3) is 3.83. The number of carbonyl (C=O) groups is 1. The van der Waals surface area contributed by atoms with E-state index < -0.39 is 18.1 Å². The number of anilines is 1. The average Bonchev–Trinajstić information content (AvgIpc) is 2.25. The van der Waals surface area contributed by atoms with Gasteiger partial charge in [-0.1, -0.05) is 0 Å². The molecule has 0 saturated heterocycles. The number of halogens is 3. The molecule has 1 aromatic rings. The number of ether oxygens (including phenoxy) is 2. The lowest BCUT2D eigenvalue weighted by Crippen LogP contribution is -2.18. The number of carbonyl (C=O) groups excluding carboxylic acids is 1. The highest BCUT2D eigenvalue weighted by molar-refractivity contribution is 5.91. The Hall–Kier alpha value is -1.92. The molecule has 100 valence electrons. The van der Waals surface area contributed by atoms with E-state index in [9.17, 15) is 18.0 Å². The lowest BCUT2D eigenvalue weighted by atomic mass is 10.2. The zero-order valence-electron chi connectivity index (χ0n) is 10.0. The number of benzene rings is 1. The Morgan fingerprint density at radius 2 is 1.83 bits per heavy atom. The second kappa shape index (κ2) is 5.16. The summed E-state index contributed by atoms with van der Waals surface area (Å²) in [4.78, 5) is 12.9. The monoisotopic (exact) mass is 263 g/mol. The fourth-order valence-electron chi connectivity index (χ4n) is 1.27. The van der Waals surface area contributed by atoms with Gasteiger partial charge in [0, 0.05) is 25.8 Å². The Balaban J connectivity index is 3.18. The van der Waals surface area contributed by atoms with Crippen molar-refractivity contribution in [1.29, 1.82) is 0 Å². The molecule has 0 aliphatic rings. The van der Waals surface area contributed by atoms with E-state index in [1.165, 1.54) is 12.1 Å². The van der Waals surface area contributed by atoms with Gasteiger partial charge in [0.05, 0.1) is 12.7 Å². The molecule has 7 heteroatoms. The van der Waals surface area contributed by atoms with Crippen LogP contribution in [0.25, 0.3) is 0 Å². The van der Waals surface area contributed by atoms with Crippen molar-refractivity contribution in [2.24, 2.45) is 0 Å². The van der Waals surface area contributed by atoms with Crippen LogP contribution < -0.4 is 9.64 Å². The maximum absolute atomic E-state index is 12.1. The van der Waals surface area contributed by atoms with E-state index in [4.69, 9.17) is 0 Å². The molecule has 0 bridgehead atoms. The van der Waals surface area contributed by atoms with Crippen LogP contribution in [0.2, 0.25) is 0 Å². The second-order valence-electron chi connectivity index (χ2n) is 3.65. The number of methoxy groups -OCH3 is 1. The van der Waals surface area contributed by atoms with Crippen molar-refractivity contribution in [3.63, 3.8) is 0 Å². The number of hydrogen-bond acceptors (Lipinski definition) is 4. The molecule has 0 fully saturated rings. The lowest BCUT2D eigenvalue weighted by Gasteiger charge is -2.16. The first-order valence-corrected chi connectivity index (χ1v) is 4.89. The van der Waals surface area contributed by atoms with Gasteiger partial charge in [-0.2, -0.15) is 0 Å². The zero-order chi connectivity index (χ0) is 13.9. The van der Waals surface area contributed by atoms with Gasteiger partial charge in [-0.05, 0) is 12.1 Å². The fraction of sp³-hybridized carbons (Fsp3) is 0.364. The van der Waals surface area contributed by atoms with Gasteiger partial charge in [0.15, 0.2) is 0 Å². The van der Waals surface area contributed by atoms with Gasteiger partial charge in [-0.25, -0.2) is 4.79 Å². The lowest BCUT2D eigenvalue weighted by molar-refractivity contribution is -0.274. The van der Waals surface area contributed by atoms with Crippen LogP contribution in [0.4, 0.5) is 18.9 Å². The molecule has 0 heterocycles. The van der Waals surface area contributed by atoms with E-state index in [1.807, 2.05) is 0 Å². The van der Waals surface area contributed by atoms with Gasteiger partial charge in [0.1, 0.15) is 5.75 Å². The molecule has 0 unspecified atom stereocenters. The molecule has 0 radical (unpaired) electrons. The zero-order valence-corrected chi connectivity index (χ0v) is 10.0. The smallest absolute Gasteiger partial charge is 0.465 e. The maximum Gasteiger partial charge on any atom is 0.573 e. The third-order valence-corrected chi connectivity index (χ3v) is 2.06. The van der Waals surface area contributed by atoms with E-state index in [-0.39, 0.29) is 5.56 Å². The molecule has 0 N–H and O–H groups in total. The second-order valence-corrected chi connectivity index (χ2v) is 3.65. The van der Waals surface area contributed by atoms with Crippen molar-refractivity contribution in [3.8, 4) is 5.75 Å². The summed E-state index contributed by atoms with van der Waals surface area (Å²) in [5.41, 5.74) is 0.389. The Kier molecular flexibility index (Phi) is 4.05. The van der Waals surface area contributed by atoms with Gasteiger partial charge >= 0.3 is 12.3 Å². The topological polar surface area (TPSA) is 38.8 Å². The molecule has 0 aliphatic heterocycles. The number of esters is 1. The summed E-state index contributed by atoms with van der Waals surface area (Å²) < 4.78 is 44.7. The quantitative estimate of drug-likeness (QED) is 0.785. The van der Waals surface area contributed by atoms with Crippen LogP contribution in [0.15, 0.2) is 18.2 Å². The molecule has 0 amide bonds. The molecular weight excluding hydrogens is 251 g/mol. The van der Waals surface area contributed by atoms with Gasteiger partial charge in [0.2, 0.25) is 0 Å². The summed E-state index contributed by atoms with van der Waals surface area (Å²) in [5, 5.41) is 0. The first-order chi connectivity index (χ1) is 8.23. The Labute approximate surface area is 102 Å². The van der Waals surface area contributed by atoms with Crippen LogP contribution in [-0.2, 0) is 4.74 Å². The number of hydrogen-bond donors (Lipinski definition) is 0. The summed E-state index contributed by atoms with van der Waals surface area (Å²) in [7, 11) is 4.41. The average molecular weight is 263 g/mol. The van der Waals surface area contributed by atoms with Gasteiger partial charge in [-0.15, -0.1) is 13.2 Å². The first-order valence-electron chi connectivity index (χ1n) is 4.89. The van der Waals surface area contributed by atoms with Gasteiger partial charge in [-0.3, -0.25) is 0 Å². The molecule has 0 aliphatic carbocycles. The standard InChI is InChI=1S/C11H12F3NO3/c1-15(2)8-4-7(10(16)17-3)5-9(6-8)18-11(12,13)14/h4-6H,1-3H3. The van der Waals surface area contributed by atoms with Crippen molar-refractivity contribution < 1.29 is 27.4 Å². The van der Waals surface area contributed by atoms with E-state index in [1.54, 1.807) is 19.0 Å². The summed E-state index contributed by atoms with van der Waals surface area (Å²) in [5.74, 6) is -1.19. The molecular formula is C11H12F3NO3. The molecule has 1 aromatic carbocycles. The minimum atomic E-state index is -4.81. The van der Waals surface area contributed by atoms with Crippen molar-refractivity contribution >= 4 is 11.7 Å². The predicted octanol–water partition coefficient (Wildman–Crippen LogP) is 2.44. The highest BCUT2D eigenvalue weighted by Gasteiger charge is 2.31. The van der Waals surface area contributed by atoms with E-state index in [2.05, 4.69) is 9.47 Å². The number of alkyl halides is 3. The van der Waals surface area contributed by atoms with Crippen molar-refractivity contribution in [3.05, 3.63) is 23.8 Å². The largest absolute Gasteiger partial charge is 0.573 e. The molecule has 0 saturated carbocycles. The van der Waals surface area contributed by atoms with E-state index in [0.29, 0.717) is 5.69 Å². The van der Waals surface area contributed by atoms with Crippen molar-refractivity contribution in [1.82, 2.24) is 0 Å². The Morgan fingerprint density at radius 1 is 1.22 bits per heavy atom. The summed E-state index contributed by atoms with van der Waals surface area (Å²) in [6.07, 6.45) is -4.81. The molecule has 18 heavy (non-hydrogen) atoms. The third-order valence-electron chi connectivity index (χ3n) is 2.06. The van der Waals surface area contributed by atoms with E-state index in [0.717, 1.165) is 13.2 Å². The minimum Gasteiger partial charge on any atom is -0.465 e.